The standard InChI is InChI=1S/C23H43N3O4Si2/c1-7-27-31(5,6)17-11-14-25-21-23-19-22(13-16-26-23)20-24-15-12-18-32(28-8-2,29-9-3)30-10-4/h13,16,19-21H,7-12,14-15,17-18H2,1-6H3/b24-20+,25-21+. The van der Waals surface area contributed by atoms with Gasteiger partial charge >= 0.3 is 8.80 Å². The molecule has 0 aliphatic rings. The molecule has 0 unspecified atom stereocenters. The molecule has 0 aromatic carbocycles. The van der Waals surface area contributed by atoms with Crippen molar-refractivity contribution in [3.63, 3.8) is 0 Å². The Labute approximate surface area is 197 Å². The van der Waals surface area contributed by atoms with Gasteiger partial charge in [0.25, 0.3) is 0 Å². The maximum Gasteiger partial charge on any atom is 0.500 e. The number of pyridine rings is 1. The third-order valence-corrected chi connectivity index (χ3v) is 10.5. The molecule has 0 aliphatic heterocycles. The monoisotopic (exact) mass is 481 g/mol. The van der Waals surface area contributed by atoms with Gasteiger partial charge in [0, 0.05) is 64.2 Å². The first-order valence-electron chi connectivity index (χ1n) is 11.9. The Bertz CT molecular complexity index is 670. The number of nitrogens with zero attached hydrogens (tertiary/aromatic N) is 3. The number of hydrogen-bond acceptors (Lipinski definition) is 7. The van der Waals surface area contributed by atoms with Crippen molar-refractivity contribution in [2.75, 3.05) is 39.5 Å². The summed E-state index contributed by atoms with van der Waals surface area (Å²) in [6.07, 6.45) is 7.45. The zero-order valence-corrected chi connectivity index (χ0v) is 22.9. The van der Waals surface area contributed by atoms with Crippen molar-refractivity contribution in [1.29, 1.82) is 0 Å². The minimum absolute atomic E-state index is 0.600. The van der Waals surface area contributed by atoms with Gasteiger partial charge in [-0.3, -0.25) is 15.0 Å². The van der Waals surface area contributed by atoms with Crippen LogP contribution in [0.1, 0.15) is 51.8 Å². The second-order valence-electron chi connectivity index (χ2n) is 7.97. The SMILES string of the molecule is CCO[Si](C)(C)CCC/N=C/c1cc(/C=N/CCC[Si](OCC)(OCC)OCC)ccn1. The Kier molecular flexibility index (Phi) is 14.7. The van der Waals surface area contributed by atoms with Gasteiger partial charge in [0.2, 0.25) is 0 Å². The zero-order valence-electron chi connectivity index (χ0n) is 20.9. The fourth-order valence-electron chi connectivity index (χ4n) is 3.39. The summed E-state index contributed by atoms with van der Waals surface area (Å²) in [7, 11) is -4.10. The van der Waals surface area contributed by atoms with Gasteiger partial charge in [0.05, 0.1) is 5.69 Å². The van der Waals surface area contributed by atoms with Gasteiger partial charge in [-0.2, -0.15) is 0 Å². The van der Waals surface area contributed by atoms with Gasteiger partial charge in [-0.05, 0) is 77.4 Å². The van der Waals surface area contributed by atoms with Gasteiger partial charge in [-0.1, -0.05) is 0 Å². The lowest BCUT2D eigenvalue weighted by atomic mass is 10.2. The van der Waals surface area contributed by atoms with Crippen molar-refractivity contribution in [1.82, 2.24) is 4.98 Å². The van der Waals surface area contributed by atoms with Gasteiger partial charge in [0.1, 0.15) is 0 Å². The number of aromatic nitrogens is 1. The van der Waals surface area contributed by atoms with E-state index in [2.05, 4.69) is 35.0 Å². The summed E-state index contributed by atoms with van der Waals surface area (Å²) in [5, 5.41) is 0. The maximum absolute atomic E-state index is 5.89. The molecule has 0 bridgehead atoms. The van der Waals surface area contributed by atoms with Crippen molar-refractivity contribution in [3.8, 4) is 0 Å². The zero-order chi connectivity index (χ0) is 23.7. The predicted molar refractivity (Wildman–Crippen MR) is 138 cm³/mol. The van der Waals surface area contributed by atoms with Gasteiger partial charge in [0.15, 0.2) is 8.32 Å². The van der Waals surface area contributed by atoms with Crippen LogP contribution in [-0.4, -0.2) is 74.1 Å². The van der Waals surface area contributed by atoms with Crippen LogP contribution in [-0.2, 0) is 17.7 Å². The van der Waals surface area contributed by atoms with Gasteiger partial charge in [-0.15, -0.1) is 0 Å². The molecule has 9 heteroatoms. The molecule has 0 spiro atoms. The summed E-state index contributed by atoms with van der Waals surface area (Å²) >= 11 is 0. The smallest absolute Gasteiger partial charge is 0.418 e. The quantitative estimate of drug-likeness (QED) is 0.168. The Morgan fingerprint density at radius 2 is 1.38 bits per heavy atom. The molecular formula is C23H43N3O4Si2. The molecule has 7 nitrogen and oxygen atoms in total. The van der Waals surface area contributed by atoms with Crippen LogP contribution in [0.25, 0.3) is 0 Å². The van der Waals surface area contributed by atoms with Crippen LogP contribution >= 0.6 is 0 Å². The van der Waals surface area contributed by atoms with E-state index in [1.54, 1.807) is 6.20 Å². The summed E-state index contributed by atoms with van der Waals surface area (Å²) in [6.45, 7) is 16.6. The minimum atomic E-state index is -2.58. The molecule has 0 radical (unpaired) electrons. The lowest BCUT2D eigenvalue weighted by Crippen LogP contribution is -2.46. The van der Waals surface area contributed by atoms with Crippen LogP contribution in [0.4, 0.5) is 0 Å². The first-order valence-corrected chi connectivity index (χ1v) is 17.0. The number of rotatable bonds is 18. The average molecular weight is 482 g/mol. The van der Waals surface area contributed by atoms with Crippen LogP contribution in [0.15, 0.2) is 28.3 Å². The van der Waals surface area contributed by atoms with Crippen molar-refractivity contribution < 1.29 is 17.7 Å². The molecule has 0 saturated carbocycles. The number of hydrogen-bond donors (Lipinski definition) is 0. The lowest BCUT2D eigenvalue weighted by molar-refractivity contribution is 0.0710. The highest BCUT2D eigenvalue weighted by atomic mass is 28.4. The molecule has 0 amide bonds. The first-order chi connectivity index (χ1) is 15.4. The van der Waals surface area contributed by atoms with E-state index in [-0.39, 0.29) is 0 Å². The molecule has 32 heavy (non-hydrogen) atoms. The fraction of sp³-hybridized carbons (Fsp3) is 0.696. The Balaban J connectivity index is 2.49. The summed E-state index contributed by atoms with van der Waals surface area (Å²) in [6, 6.07) is 5.86. The molecule has 182 valence electrons. The third-order valence-electron chi connectivity index (χ3n) is 4.73. The van der Waals surface area contributed by atoms with E-state index >= 15 is 0 Å². The molecule has 0 saturated heterocycles. The Hall–Kier alpha value is -1.24. The molecule has 0 fully saturated rings. The van der Waals surface area contributed by atoms with Crippen molar-refractivity contribution in [2.24, 2.45) is 9.98 Å². The Morgan fingerprint density at radius 1 is 0.812 bits per heavy atom. The second-order valence-corrected chi connectivity index (χ2v) is 15.0. The van der Waals surface area contributed by atoms with Crippen LogP contribution in [0, 0.1) is 0 Å². The molecule has 0 atom stereocenters. The maximum atomic E-state index is 5.89. The summed E-state index contributed by atoms with van der Waals surface area (Å²) in [5.41, 5.74) is 1.87. The van der Waals surface area contributed by atoms with Gasteiger partial charge in [-0.25, -0.2) is 0 Å². The van der Waals surface area contributed by atoms with Crippen molar-refractivity contribution >= 4 is 29.6 Å². The Morgan fingerprint density at radius 3 is 1.97 bits per heavy atom. The van der Waals surface area contributed by atoms with Crippen LogP contribution in [0.2, 0.25) is 25.2 Å². The minimum Gasteiger partial charge on any atom is -0.418 e. The van der Waals surface area contributed by atoms with E-state index in [4.69, 9.17) is 17.7 Å². The van der Waals surface area contributed by atoms with E-state index in [0.717, 1.165) is 49.3 Å². The van der Waals surface area contributed by atoms with Crippen LogP contribution in [0.5, 0.6) is 0 Å². The molecular weight excluding hydrogens is 438 g/mol. The van der Waals surface area contributed by atoms with Crippen LogP contribution < -0.4 is 0 Å². The van der Waals surface area contributed by atoms with E-state index in [9.17, 15) is 0 Å². The topological polar surface area (TPSA) is 74.5 Å². The summed E-state index contributed by atoms with van der Waals surface area (Å²) in [5.74, 6) is 0. The molecule has 0 aliphatic carbocycles. The highest BCUT2D eigenvalue weighted by Crippen LogP contribution is 2.18. The predicted octanol–water partition coefficient (Wildman–Crippen LogP) is 4.99. The largest absolute Gasteiger partial charge is 0.500 e. The van der Waals surface area contributed by atoms with E-state index in [0.29, 0.717) is 26.4 Å². The van der Waals surface area contributed by atoms with E-state index in [1.165, 1.54) is 0 Å². The molecule has 0 N–H and O–H groups in total. The molecule has 1 rings (SSSR count). The molecule has 1 heterocycles. The van der Waals surface area contributed by atoms with Crippen LogP contribution in [0.3, 0.4) is 0 Å². The highest BCUT2D eigenvalue weighted by Gasteiger charge is 2.39. The lowest BCUT2D eigenvalue weighted by Gasteiger charge is -2.28. The fourth-order valence-corrected chi connectivity index (χ4v) is 7.92. The highest BCUT2D eigenvalue weighted by molar-refractivity contribution is 6.71. The second kappa shape index (κ2) is 16.4. The molecule has 1 aromatic heterocycles. The summed E-state index contributed by atoms with van der Waals surface area (Å²) < 4.78 is 23.5. The normalized spacial score (nSPS) is 12.9. The van der Waals surface area contributed by atoms with Gasteiger partial charge < -0.3 is 17.7 Å². The number of aliphatic imine (C=N–C) groups is 2. The van der Waals surface area contributed by atoms with Crippen molar-refractivity contribution in [3.05, 3.63) is 29.6 Å². The molecule has 1 aromatic rings. The first kappa shape index (κ1) is 28.8. The summed E-state index contributed by atoms with van der Waals surface area (Å²) in [4.78, 5) is 13.5. The van der Waals surface area contributed by atoms with E-state index < -0.39 is 17.1 Å². The third kappa shape index (κ3) is 12.1. The van der Waals surface area contributed by atoms with Crippen molar-refractivity contribution in [2.45, 2.75) is 65.7 Å². The van der Waals surface area contributed by atoms with E-state index in [1.807, 2.05) is 45.3 Å². The average Bonchev–Trinajstić information content (AvgIpc) is 2.74.